The van der Waals surface area contributed by atoms with Crippen LogP contribution in [-0.4, -0.2) is 36.0 Å². The Bertz CT molecular complexity index is 154. The number of unbranched alkanes of at least 4 members (excludes halogenated alkanes) is 4. The van der Waals surface area contributed by atoms with E-state index >= 15 is 0 Å². The van der Waals surface area contributed by atoms with Crippen LogP contribution in [0.25, 0.3) is 0 Å². The highest BCUT2D eigenvalue weighted by atomic mass is 79.9. The molecular weight excluding hydrogens is 322 g/mol. The second-order valence-corrected chi connectivity index (χ2v) is 6.49. The van der Waals surface area contributed by atoms with Gasteiger partial charge in [-0.3, -0.25) is 0 Å². The van der Waals surface area contributed by atoms with Crippen LogP contribution in [0.1, 0.15) is 72.1 Å². The molecule has 118 valence electrons. The number of quaternary nitrogens is 1. The topological polar surface area (TPSA) is 0 Å². The molecule has 0 fully saturated rings. The minimum Gasteiger partial charge on any atom is -1.00 e. The number of hydrogen-bond acceptors (Lipinski definition) is 0. The number of nitrogens with zero attached hydrogens (tertiary/aromatic N) is 1. The maximum absolute atomic E-state index is 3.57. The monoisotopic (exact) mass is 355 g/mol. The van der Waals surface area contributed by atoms with Gasteiger partial charge in [-0.25, -0.2) is 0 Å². The van der Waals surface area contributed by atoms with E-state index in [1.54, 1.807) is 0 Å². The lowest BCUT2D eigenvalue weighted by Gasteiger charge is -2.39. The fourth-order valence-electron chi connectivity index (χ4n) is 2.69. The molecule has 0 aliphatic heterocycles. The van der Waals surface area contributed by atoms with Crippen LogP contribution in [0.4, 0.5) is 0 Å². The first-order valence-electron chi connectivity index (χ1n) is 8.15. The van der Waals surface area contributed by atoms with Crippen molar-refractivity contribution in [2.24, 2.45) is 0 Å². The van der Waals surface area contributed by atoms with E-state index in [2.05, 4.69) is 36.7 Å². The molecule has 0 aliphatic rings. The van der Waals surface area contributed by atoms with Crippen molar-refractivity contribution >= 4 is 15.9 Å². The summed E-state index contributed by atoms with van der Waals surface area (Å²) in [5.74, 6) is 0. The van der Waals surface area contributed by atoms with Crippen molar-refractivity contribution in [3.63, 3.8) is 0 Å². The lowest BCUT2D eigenvalue weighted by Crippen LogP contribution is -3.00. The van der Waals surface area contributed by atoms with Crippen molar-refractivity contribution in [2.75, 3.05) is 31.5 Å². The molecule has 0 aliphatic carbocycles. The van der Waals surface area contributed by atoms with Crippen LogP contribution in [-0.2, 0) is 0 Å². The molecule has 0 unspecified atom stereocenters. The van der Waals surface area contributed by atoms with E-state index in [1.165, 1.54) is 87.4 Å². The predicted molar refractivity (Wildman–Crippen MR) is 87.5 cm³/mol. The molecule has 0 spiro atoms. The molecule has 0 aromatic heterocycles. The van der Waals surface area contributed by atoms with Gasteiger partial charge in [0.1, 0.15) is 0 Å². The highest BCUT2D eigenvalue weighted by Crippen LogP contribution is 2.16. The normalized spacial score (nSPS) is 11.4. The fourth-order valence-corrected chi connectivity index (χ4v) is 3.09. The first-order chi connectivity index (χ1) is 8.74. The second kappa shape index (κ2) is 15.1. The number of halogens is 2. The first kappa shape index (κ1) is 22.0. The Labute approximate surface area is 136 Å². The summed E-state index contributed by atoms with van der Waals surface area (Å²) in [4.78, 5) is 0. The molecule has 0 saturated heterocycles. The lowest BCUT2D eigenvalue weighted by molar-refractivity contribution is -0.929. The van der Waals surface area contributed by atoms with E-state index < -0.39 is 0 Å². The van der Waals surface area contributed by atoms with Gasteiger partial charge in [0.25, 0.3) is 0 Å². The molecule has 0 aromatic rings. The first-order valence-corrected chi connectivity index (χ1v) is 9.27. The van der Waals surface area contributed by atoms with Gasteiger partial charge in [-0.2, -0.15) is 0 Å². The van der Waals surface area contributed by atoms with Crippen molar-refractivity contribution in [1.82, 2.24) is 0 Å². The Hall–Kier alpha value is 0.730. The van der Waals surface area contributed by atoms with Gasteiger partial charge in [0.2, 0.25) is 0 Å². The van der Waals surface area contributed by atoms with E-state index in [1.807, 2.05) is 0 Å². The van der Waals surface area contributed by atoms with Crippen LogP contribution in [0.3, 0.4) is 0 Å². The smallest absolute Gasteiger partial charge is 0.0786 e. The number of hydrogen-bond donors (Lipinski definition) is 0. The SMILES string of the molecule is CCCC[N+](CCCC)(CCCC)CCCCBr.[Cl-]. The Balaban J connectivity index is 0. The van der Waals surface area contributed by atoms with Gasteiger partial charge >= 0.3 is 0 Å². The summed E-state index contributed by atoms with van der Waals surface area (Å²) >= 11 is 3.57. The summed E-state index contributed by atoms with van der Waals surface area (Å²) in [5.41, 5.74) is 0. The average molecular weight is 357 g/mol. The summed E-state index contributed by atoms with van der Waals surface area (Å²) in [6.45, 7) is 12.6. The molecule has 0 bridgehead atoms. The van der Waals surface area contributed by atoms with Gasteiger partial charge < -0.3 is 16.9 Å². The summed E-state index contributed by atoms with van der Waals surface area (Å²) in [6.07, 6.45) is 11.0. The largest absolute Gasteiger partial charge is 1.00 e. The van der Waals surface area contributed by atoms with E-state index in [-0.39, 0.29) is 12.4 Å². The van der Waals surface area contributed by atoms with Gasteiger partial charge in [-0.05, 0) is 32.1 Å². The van der Waals surface area contributed by atoms with E-state index in [9.17, 15) is 0 Å². The highest BCUT2D eigenvalue weighted by Gasteiger charge is 2.24. The van der Waals surface area contributed by atoms with E-state index in [0.717, 1.165) is 0 Å². The van der Waals surface area contributed by atoms with Gasteiger partial charge in [0, 0.05) is 5.33 Å². The molecule has 0 radical (unpaired) electrons. The standard InChI is InChI=1S/C16H35BrN.ClH/c1-4-7-13-18(14-8-5-2,15-9-6-3)16-11-10-12-17;/h4-16H2,1-3H3;1H/q+1;/p-1. The van der Waals surface area contributed by atoms with Crippen molar-refractivity contribution in [3.05, 3.63) is 0 Å². The summed E-state index contributed by atoms with van der Waals surface area (Å²) < 4.78 is 1.41. The van der Waals surface area contributed by atoms with E-state index in [0.29, 0.717) is 0 Å². The predicted octanol–water partition coefficient (Wildman–Crippen LogP) is 2.38. The molecule has 0 rings (SSSR count). The molecule has 0 aromatic carbocycles. The molecule has 19 heavy (non-hydrogen) atoms. The maximum atomic E-state index is 3.57. The van der Waals surface area contributed by atoms with E-state index in [4.69, 9.17) is 0 Å². The average Bonchev–Trinajstić information content (AvgIpc) is 2.40. The van der Waals surface area contributed by atoms with Gasteiger partial charge in [-0.15, -0.1) is 0 Å². The highest BCUT2D eigenvalue weighted by molar-refractivity contribution is 9.09. The third-order valence-electron chi connectivity index (χ3n) is 3.97. The summed E-state index contributed by atoms with van der Waals surface area (Å²) in [7, 11) is 0. The third-order valence-corrected chi connectivity index (χ3v) is 4.53. The van der Waals surface area contributed by atoms with Crippen molar-refractivity contribution in [2.45, 2.75) is 72.1 Å². The zero-order chi connectivity index (χ0) is 13.7. The molecule has 3 heteroatoms. The minimum atomic E-state index is 0. The van der Waals surface area contributed by atoms with Gasteiger partial charge in [0.15, 0.2) is 0 Å². The van der Waals surface area contributed by atoms with Crippen LogP contribution < -0.4 is 12.4 Å². The van der Waals surface area contributed by atoms with Crippen LogP contribution in [0.5, 0.6) is 0 Å². The lowest BCUT2D eigenvalue weighted by atomic mass is 10.1. The fraction of sp³-hybridized carbons (Fsp3) is 1.00. The summed E-state index contributed by atoms with van der Waals surface area (Å²) in [6, 6.07) is 0. The minimum absolute atomic E-state index is 0. The zero-order valence-corrected chi connectivity index (χ0v) is 15.7. The second-order valence-electron chi connectivity index (χ2n) is 5.69. The quantitative estimate of drug-likeness (QED) is 0.270. The molecule has 0 heterocycles. The van der Waals surface area contributed by atoms with Crippen molar-refractivity contribution in [1.29, 1.82) is 0 Å². The van der Waals surface area contributed by atoms with Gasteiger partial charge in [-0.1, -0.05) is 56.0 Å². The number of rotatable bonds is 13. The molecule has 0 atom stereocenters. The van der Waals surface area contributed by atoms with Crippen LogP contribution in [0.2, 0.25) is 0 Å². The van der Waals surface area contributed by atoms with Crippen LogP contribution >= 0.6 is 15.9 Å². The zero-order valence-electron chi connectivity index (χ0n) is 13.4. The summed E-state index contributed by atoms with van der Waals surface area (Å²) in [5, 5.41) is 1.17. The Morgan fingerprint density at radius 2 is 1.00 bits per heavy atom. The Morgan fingerprint density at radius 3 is 1.32 bits per heavy atom. The van der Waals surface area contributed by atoms with Crippen molar-refractivity contribution in [3.8, 4) is 0 Å². The van der Waals surface area contributed by atoms with Crippen LogP contribution in [0, 0.1) is 0 Å². The molecule has 1 nitrogen and oxygen atoms in total. The maximum Gasteiger partial charge on any atom is 0.0786 e. The molecule has 0 amide bonds. The molecule has 0 N–H and O–H groups in total. The van der Waals surface area contributed by atoms with Crippen molar-refractivity contribution < 1.29 is 16.9 Å². The Morgan fingerprint density at radius 1 is 0.632 bits per heavy atom. The molecular formula is C16H35BrClN. The van der Waals surface area contributed by atoms with Crippen LogP contribution in [0.15, 0.2) is 0 Å². The Kier molecular flexibility index (Phi) is 17.5. The van der Waals surface area contributed by atoms with Gasteiger partial charge in [0.05, 0.1) is 26.2 Å². The third kappa shape index (κ3) is 11.1. The number of alkyl halides is 1. The molecule has 0 saturated carbocycles.